The number of halogens is 2. The van der Waals surface area contributed by atoms with E-state index in [0.717, 1.165) is 19.3 Å². The van der Waals surface area contributed by atoms with Gasteiger partial charge in [-0.2, -0.15) is 0 Å². The lowest BCUT2D eigenvalue weighted by Gasteiger charge is -2.32. The van der Waals surface area contributed by atoms with Crippen molar-refractivity contribution < 1.29 is 18.3 Å². The average Bonchev–Trinajstić information content (AvgIpc) is 3.00. The molecule has 2 nitrogen and oxygen atoms in total. The van der Waals surface area contributed by atoms with E-state index >= 15 is 0 Å². The molecule has 0 radical (unpaired) electrons. The van der Waals surface area contributed by atoms with Gasteiger partial charge in [0, 0.05) is 11.8 Å². The molecule has 2 aliphatic rings. The lowest BCUT2D eigenvalue weighted by molar-refractivity contribution is -0.153. The van der Waals surface area contributed by atoms with Crippen molar-refractivity contribution in [2.45, 2.75) is 57.8 Å². The summed E-state index contributed by atoms with van der Waals surface area (Å²) in [5, 5.41) is 0. The van der Waals surface area contributed by atoms with E-state index in [0.29, 0.717) is 25.9 Å². The topological polar surface area (TPSA) is 26.3 Å². The van der Waals surface area contributed by atoms with Gasteiger partial charge in [-0.15, -0.1) is 0 Å². The molecule has 2 atom stereocenters. The van der Waals surface area contributed by atoms with Gasteiger partial charge in [-0.1, -0.05) is 19.8 Å². The van der Waals surface area contributed by atoms with Crippen LogP contribution < -0.4 is 0 Å². The number of hydrogen-bond acceptors (Lipinski definition) is 2. The van der Waals surface area contributed by atoms with Gasteiger partial charge in [0.2, 0.25) is 0 Å². The Labute approximate surface area is 101 Å². The molecule has 2 unspecified atom stereocenters. The first-order valence-electron chi connectivity index (χ1n) is 6.58. The number of rotatable bonds is 4. The third-order valence-corrected chi connectivity index (χ3v) is 4.19. The molecule has 17 heavy (non-hydrogen) atoms. The zero-order valence-electron chi connectivity index (χ0n) is 10.3. The van der Waals surface area contributed by atoms with Crippen LogP contribution in [0.2, 0.25) is 0 Å². The Hall–Kier alpha value is -0.670. The third-order valence-electron chi connectivity index (χ3n) is 4.19. The van der Waals surface area contributed by atoms with Gasteiger partial charge in [0.15, 0.2) is 0 Å². The van der Waals surface area contributed by atoms with Crippen molar-refractivity contribution in [1.82, 2.24) is 0 Å². The van der Waals surface area contributed by atoms with Gasteiger partial charge in [0.1, 0.15) is 0 Å². The van der Waals surface area contributed by atoms with Gasteiger partial charge >= 0.3 is 5.97 Å². The Morgan fingerprint density at radius 2 is 2.06 bits per heavy atom. The summed E-state index contributed by atoms with van der Waals surface area (Å²) in [5.74, 6) is -3.62. The van der Waals surface area contributed by atoms with Gasteiger partial charge in [-0.25, -0.2) is 8.78 Å². The fourth-order valence-electron chi connectivity index (χ4n) is 2.93. The quantitative estimate of drug-likeness (QED) is 0.560. The highest BCUT2D eigenvalue weighted by atomic mass is 19.3. The lowest BCUT2D eigenvalue weighted by Crippen LogP contribution is -2.36. The predicted molar refractivity (Wildman–Crippen MR) is 59.8 cm³/mol. The van der Waals surface area contributed by atoms with Crippen LogP contribution in [-0.4, -0.2) is 18.5 Å². The zero-order chi connectivity index (χ0) is 12.5. The SMILES string of the molecule is CCCCOC(=O)C1CC12CCCCC2(F)F. The van der Waals surface area contributed by atoms with Gasteiger partial charge in [0.05, 0.1) is 12.5 Å². The standard InChI is InChI=1S/C13H20F2O2/c1-2-3-8-17-11(16)10-9-12(10)6-4-5-7-13(12,14)15/h10H,2-9H2,1H3. The van der Waals surface area contributed by atoms with Crippen LogP contribution in [0.5, 0.6) is 0 Å². The Kier molecular flexibility index (Phi) is 3.41. The molecule has 2 fully saturated rings. The summed E-state index contributed by atoms with van der Waals surface area (Å²) in [5.41, 5.74) is -1.05. The summed E-state index contributed by atoms with van der Waals surface area (Å²) in [4.78, 5) is 11.7. The van der Waals surface area contributed by atoms with Gasteiger partial charge < -0.3 is 4.74 Å². The molecule has 2 saturated carbocycles. The van der Waals surface area contributed by atoms with E-state index < -0.39 is 23.2 Å². The van der Waals surface area contributed by atoms with Gasteiger partial charge in [0.25, 0.3) is 5.92 Å². The fourth-order valence-corrected chi connectivity index (χ4v) is 2.93. The largest absolute Gasteiger partial charge is 0.465 e. The average molecular weight is 246 g/mol. The van der Waals surface area contributed by atoms with E-state index in [4.69, 9.17) is 4.74 Å². The second-order valence-electron chi connectivity index (χ2n) is 5.35. The second-order valence-corrected chi connectivity index (χ2v) is 5.35. The van der Waals surface area contributed by atoms with Crippen molar-refractivity contribution in [2.24, 2.45) is 11.3 Å². The molecule has 2 aliphatic carbocycles. The number of esters is 1. The van der Waals surface area contributed by atoms with Crippen molar-refractivity contribution >= 4 is 5.97 Å². The first-order chi connectivity index (χ1) is 8.03. The van der Waals surface area contributed by atoms with Crippen LogP contribution in [0.15, 0.2) is 0 Å². The normalized spacial score (nSPS) is 34.6. The van der Waals surface area contributed by atoms with Crippen LogP contribution in [0.4, 0.5) is 8.78 Å². The van der Waals surface area contributed by atoms with Gasteiger partial charge in [-0.3, -0.25) is 4.79 Å². The molecular weight excluding hydrogens is 226 g/mol. The van der Waals surface area contributed by atoms with Crippen molar-refractivity contribution in [1.29, 1.82) is 0 Å². The van der Waals surface area contributed by atoms with Gasteiger partial charge in [-0.05, 0) is 25.7 Å². The zero-order valence-corrected chi connectivity index (χ0v) is 10.3. The first kappa shape index (κ1) is 12.8. The molecule has 0 heterocycles. The Balaban J connectivity index is 1.91. The second kappa shape index (κ2) is 4.54. The molecule has 98 valence electrons. The minimum atomic E-state index is -2.67. The molecule has 0 saturated heterocycles. The van der Waals surface area contributed by atoms with Crippen LogP contribution in [0.3, 0.4) is 0 Å². The summed E-state index contributed by atoms with van der Waals surface area (Å²) in [7, 11) is 0. The summed E-state index contributed by atoms with van der Waals surface area (Å²) in [6, 6.07) is 0. The summed E-state index contributed by atoms with van der Waals surface area (Å²) >= 11 is 0. The minimum Gasteiger partial charge on any atom is -0.465 e. The summed E-state index contributed by atoms with van der Waals surface area (Å²) < 4.78 is 32.7. The molecule has 0 aromatic heterocycles. The predicted octanol–water partition coefficient (Wildman–Crippen LogP) is 3.55. The highest BCUT2D eigenvalue weighted by Gasteiger charge is 2.72. The third kappa shape index (κ3) is 2.18. The van der Waals surface area contributed by atoms with E-state index in [1.54, 1.807) is 0 Å². The van der Waals surface area contributed by atoms with Crippen molar-refractivity contribution in [3.8, 4) is 0 Å². The van der Waals surface area contributed by atoms with E-state index in [1.807, 2.05) is 6.92 Å². The van der Waals surface area contributed by atoms with Crippen LogP contribution in [0.1, 0.15) is 51.9 Å². The summed E-state index contributed by atoms with van der Waals surface area (Å²) in [6.07, 6.45) is 3.88. The molecule has 0 aromatic rings. The Morgan fingerprint density at radius 1 is 1.35 bits per heavy atom. The molecule has 0 bridgehead atoms. The molecule has 0 N–H and O–H groups in total. The van der Waals surface area contributed by atoms with Crippen LogP contribution in [0, 0.1) is 11.3 Å². The van der Waals surface area contributed by atoms with E-state index in [2.05, 4.69) is 0 Å². The van der Waals surface area contributed by atoms with E-state index in [9.17, 15) is 13.6 Å². The highest BCUT2D eigenvalue weighted by Crippen LogP contribution is 2.68. The monoisotopic (exact) mass is 246 g/mol. The van der Waals surface area contributed by atoms with Crippen molar-refractivity contribution in [3.63, 3.8) is 0 Å². The number of unbranched alkanes of at least 4 members (excludes halogenated alkanes) is 1. The van der Waals surface area contributed by atoms with Crippen LogP contribution in [-0.2, 0) is 9.53 Å². The lowest BCUT2D eigenvalue weighted by atomic mass is 9.81. The molecule has 0 amide bonds. The number of hydrogen-bond donors (Lipinski definition) is 0. The minimum absolute atomic E-state index is 0.0637. The molecule has 1 spiro atoms. The van der Waals surface area contributed by atoms with Crippen LogP contribution >= 0.6 is 0 Å². The molecule has 2 rings (SSSR count). The maximum Gasteiger partial charge on any atom is 0.309 e. The maximum absolute atomic E-state index is 13.8. The van der Waals surface area contributed by atoms with Crippen LogP contribution in [0.25, 0.3) is 0 Å². The Morgan fingerprint density at radius 3 is 2.71 bits per heavy atom. The smallest absolute Gasteiger partial charge is 0.309 e. The van der Waals surface area contributed by atoms with E-state index in [-0.39, 0.29) is 6.42 Å². The molecule has 0 aromatic carbocycles. The molecule has 0 aliphatic heterocycles. The summed E-state index contributed by atoms with van der Waals surface area (Å²) in [6.45, 7) is 2.37. The molecule has 4 heteroatoms. The maximum atomic E-state index is 13.8. The first-order valence-corrected chi connectivity index (χ1v) is 6.58. The van der Waals surface area contributed by atoms with Crippen molar-refractivity contribution in [3.05, 3.63) is 0 Å². The number of alkyl halides is 2. The fraction of sp³-hybridized carbons (Fsp3) is 0.923. The van der Waals surface area contributed by atoms with Crippen molar-refractivity contribution in [2.75, 3.05) is 6.61 Å². The Bertz CT molecular complexity index is 304. The highest BCUT2D eigenvalue weighted by molar-refractivity contribution is 5.77. The number of carbonyl (C=O) groups excluding carboxylic acids is 1. The molecular formula is C13H20F2O2. The number of carbonyl (C=O) groups is 1. The van der Waals surface area contributed by atoms with E-state index in [1.165, 1.54) is 0 Å². The number of ether oxygens (including phenoxy) is 1.